The molecule has 0 saturated carbocycles. The Bertz CT molecular complexity index is 565. The predicted molar refractivity (Wildman–Crippen MR) is 100 cm³/mol. The van der Waals surface area contributed by atoms with Crippen LogP contribution in [0.4, 0.5) is 0 Å². The average Bonchev–Trinajstić information content (AvgIpc) is 2.56. The molecule has 0 N–H and O–H groups in total. The molecule has 1 nitrogen and oxygen atoms in total. The van der Waals surface area contributed by atoms with Crippen LogP contribution in [-0.4, -0.2) is 12.2 Å². The third kappa shape index (κ3) is 5.54. The summed E-state index contributed by atoms with van der Waals surface area (Å²) in [6, 6.07) is 17.0. The van der Waals surface area contributed by atoms with Crippen molar-refractivity contribution in [1.29, 1.82) is 0 Å². The summed E-state index contributed by atoms with van der Waals surface area (Å²) in [7, 11) is 0. The predicted octanol–water partition coefficient (Wildman–Crippen LogP) is 5.55. The van der Waals surface area contributed by atoms with Gasteiger partial charge >= 0.3 is 0 Å². The zero-order valence-electron chi connectivity index (χ0n) is 14.2. The van der Waals surface area contributed by atoms with Crippen LogP contribution in [0.15, 0.2) is 61.7 Å². The van der Waals surface area contributed by atoms with Crippen molar-refractivity contribution in [3.8, 4) is 0 Å². The Hall–Kier alpha value is -2.12. The van der Waals surface area contributed by atoms with Crippen molar-refractivity contribution in [3.05, 3.63) is 83.9 Å². The molecule has 0 aliphatic heterocycles. The molecule has 0 aliphatic rings. The summed E-state index contributed by atoms with van der Waals surface area (Å²) in [6.45, 7) is 11.8. The molecular weight excluding hydrogens is 280 g/mol. The van der Waals surface area contributed by atoms with E-state index < -0.39 is 0 Å². The van der Waals surface area contributed by atoms with Gasteiger partial charge in [0.2, 0.25) is 0 Å². The first-order chi connectivity index (χ1) is 11.1. The van der Waals surface area contributed by atoms with Crippen molar-refractivity contribution >= 4 is 12.2 Å². The van der Waals surface area contributed by atoms with Crippen LogP contribution in [0.25, 0.3) is 12.2 Å². The average molecular weight is 306 g/mol. The van der Waals surface area contributed by atoms with Crippen molar-refractivity contribution in [1.82, 2.24) is 0 Å². The minimum atomic E-state index is 0.201. The third-order valence-electron chi connectivity index (χ3n) is 3.94. The summed E-state index contributed by atoms with van der Waals surface area (Å²) in [5.74, 6) is 0. The van der Waals surface area contributed by atoms with Gasteiger partial charge in [-0.3, -0.25) is 0 Å². The van der Waals surface area contributed by atoms with Crippen LogP contribution >= 0.6 is 0 Å². The number of rotatable bonds is 8. The van der Waals surface area contributed by atoms with E-state index in [2.05, 4.69) is 75.5 Å². The van der Waals surface area contributed by atoms with Crippen molar-refractivity contribution in [2.24, 2.45) is 0 Å². The summed E-state index contributed by atoms with van der Waals surface area (Å²) < 4.78 is 6.13. The molecule has 2 unspecified atom stereocenters. The number of ether oxygens (including phenoxy) is 1. The van der Waals surface area contributed by atoms with Gasteiger partial charge in [-0.25, -0.2) is 0 Å². The Morgan fingerprint density at radius 2 is 1.09 bits per heavy atom. The van der Waals surface area contributed by atoms with Gasteiger partial charge in [0.25, 0.3) is 0 Å². The monoisotopic (exact) mass is 306 g/mol. The maximum absolute atomic E-state index is 6.13. The van der Waals surface area contributed by atoms with E-state index in [1.54, 1.807) is 0 Å². The van der Waals surface area contributed by atoms with Gasteiger partial charge in [-0.1, -0.05) is 73.8 Å². The Morgan fingerprint density at radius 3 is 1.39 bits per heavy atom. The third-order valence-corrected chi connectivity index (χ3v) is 3.94. The van der Waals surface area contributed by atoms with E-state index in [-0.39, 0.29) is 12.2 Å². The van der Waals surface area contributed by atoms with Gasteiger partial charge in [0.15, 0.2) is 0 Å². The molecule has 2 atom stereocenters. The lowest BCUT2D eigenvalue weighted by molar-refractivity contribution is 0.00945. The highest BCUT2D eigenvalue weighted by molar-refractivity contribution is 5.47. The smallest absolute Gasteiger partial charge is 0.0591 e. The van der Waals surface area contributed by atoms with Crippen LogP contribution in [0.1, 0.15) is 36.1 Å². The molecule has 2 aromatic rings. The highest BCUT2D eigenvalue weighted by Gasteiger charge is 2.10. The van der Waals surface area contributed by atoms with E-state index in [4.69, 9.17) is 4.74 Å². The van der Waals surface area contributed by atoms with E-state index >= 15 is 0 Å². The Morgan fingerprint density at radius 1 is 0.739 bits per heavy atom. The van der Waals surface area contributed by atoms with Gasteiger partial charge in [-0.15, -0.1) is 0 Å². The topological polar surface area (TPSA) is 9.23 Å². The minimum Gasteiger partial charge on any atom is -0.375 e. The summed E-state index contributed by atoms with van der Waals surface area (Å²) >= 11 is 0. The second-order valence-electron chi connectivity index (χ2n) is 6.06. The molecule has 2 aromatic carbocycles. The van der Waals surface area contributed by atoms with Gasteiger partial charge < -0.3 is 4.74 Å². The molecule has 0 heterocycles. The van der Waals surface area contributed by atoms with E-state index in [0.29, 0.717) is 0 Å². The van der Waals surface area contributed by atoms with Crippen molar-refractivity contribution in [2.45, 2.75) is 38.9 Å². The fraction of sp³-hybridized carbons (Fsp3) is 0.273. The van der Waals surface area contributed by atoms with E-state index in [0.717, 1.165) is 24.0 Å². The summed E-state index contributed by atoms with van der Waals surface area (Å²) in [6.07, 6.45) is 5.99. The molecule has 0 spiro atoms. The molecule has 1 heteroatoms. The van der Waals surface area contributed by atoms with Gasteiger partial charge in [-0.05, 0) is 48.9 Å². The van der Waals surface area contributed by atoms with E-state index in [9.17, 15) is 0 Å². The maximum atomic E-state index is 6.13. The van der Waals surface area contributed by atoms with Gasteiger partial charge in [-0.2, -0.15) is 0 Å². The Labute approximate surface area is 140 Å². The zero-order valence-corrected chi connectivity index (χ0v) is 14.2. The summed E-state index contributed by atoms with van der Waals surface area (Å²) in [4.78, 5) is 0. The molecule has 0 amide bonds. The quantitative estimate of drug-likeness (QED) is 0.621. The van der Waals surface area contributed by atoms with Crippen LogP contribution in [-0.2, 0) is 17.6 Å². The highest BCUT2D eigenvalue weighted by Crippen LogP contribution is 2.14. The van der Waals surface area contributed by atoms with Crippen molar-refractivity contribution in [3.63, 3.8) is 0 Å². The SMILES string of the molecule is C=Cc1ccc(CC(C)OC(C)Cc2ccc(C=C)cc2)cc1. The fourth-order valence-electron chi connectivity index (χ4n) is 2.74. The minimum absolute atomic E-state index is 0.201. The lowest BCUT2D eigenvalue weighted by Crippen LogP contribution is -2.21. The molecule has 23 heavy (non-hydrogen) atoms. The number of hydrogen-bond acceptors (Lipinski definition) is 1. The van der Waals surface area contributed by atoms with Crippen LogP contribution in [0.3, 0.4) is 0 Å². The molecule has 120 valence electrons. The first-order valence-electron chi connectivity index (χ1n) is 8.19. The largest absolute Gasteiger partial charge is 0.375 e. The van der Waals surface area contributed by atoms with Crippen LogP contribution < -0.4 is 0 Å². The molecule has 0 saturated heterocycles. The lowest BCUT2D eigenvalue weighted by atomic mass is 10.0. The fourth-order valence-corrected chi connectivity index (χ4v) is 2.74. The first-order valence-corrected chi connectivity index (χ1v) is 8.19. The molecule has 0 aliphatic carbocycles. The molecule has 0 aromatic heterocycles. The Kier molecular flexibility index (Phi) is 6.37. The van der Waals surface area contributed by atoms with Gasteiger partial charge in [0, 0.05) is 0 Å². The second kappa shape index (κ2) is 8.50. The van der Waals surface area contributed by atoms with Gasteiger partial charge in [0.05, 0.1) is 12.2 Å². The van der Waals surface area contributed by atoms with Crippen molar-refractivity contribution < 1.29 is 4.74 Å². The van der Waals surface area contributed by atoms with Crippen LogP contribution in [0, 0.1) is 0 Å². The summed E-state index contributed by atoms with van der Waals surface area (Å²) in [5, 5.41) is 0. The van der Waals surface area contributed by atoms with Crippen LogP contribution in [0.2, 0.25) is 0 Å². The molecule has 0 radical (unpaired) electrons. The normalized spacial score (nSPS) is 13.3. The standard InChI is InChI=1S/C22H26O/c1-5-19-7-11-21(12-8-19)15-17(3)23-18(4)16-22-13-9-20(6-2)10-14-22/h5-14,17-18H,1-2,15-16H2,3-4H3. The highest BCUT2D eigenvalue weighted by atomic mass is 16.5. The lowest BCUT2D eigenvalue weighted by Gasteiger charge is -2.19. The number of hydrogen-bond donors (Lipinski definition) is 0. The molecule has 2 rings (SSSR count). The molecule has 0 bridgehead atoms. The summed E-state index contributed by atoms with van der Waals surface area (Å²) in [5.41, 5.74) is 4.90. The number of benzene rings is 2. The van der Waals surface area contributed by atoms with Crippen molar-refractivity contribution in [2.75, 3.05) is 0 Å². The second-order valence-corrected chi connectivity index (χ2v) is 6.06. The van der Waals surface area contributed by atoms with E-state index in [1.807, 2.05) is 12.2 Å². The van der Waals surface area contributed by atoms with Crippen LogP contribution in [0.5, 0.6) is 0 Å². The zero-order chi connectivity index (χ0) is 16.7. The van der Waals surface area contributed by atoms with E-state index in [1.165, 1.54) is 11.1 Å². The molecular formula is C22H26O. The van der Waals surface area contributed by atoms with Gasteiger partial charge in [0.1, 0.15) is 0 Å². The molecule has 0 fully saturated rings. The maximum Gasteiger partial charge on any atom is 0.0591 e. The Balaban J connectivity index is 1.84. The first kappa shape index (κ1) is 17.2.